The highest BCUT2D eigenvalue weighted by Gasteiger charge is 2.46. The number of carbonyl (C=O) groups is 5. The van der Waals surface area contributed by atoms with E-state index in [0.29, 0.717) is 65.9 Å². The summed E-state index contributed by atoms with van der Waals surface area (Å²) in [5.74, 6) is -1.39. The number of anilines is 1. The normalized spacial score (nSPS) is 15.2. The number of nitrogens with one attached hydrogen (secondary N) is 2. The molecular formula is C47H47ClN4O14. The number of aliphatic hydroxyl groups excluding tert-OH is 1. The van der Waals surface area contributed by atoms with Crippen LogP contribution in [0.5, 0.6) is 17.2 Å². The van der Waals surface area contributed by atoms with Crippen LogP contribution < -0.4 is 36.0 Å². The van der Waals surface area contributed by atoms with Crippen molar-refractivity contribution in [2.45, 2.75) is 39.0 Å². The molecule has 3 heterocycles. The van der Waals surface area contributed by atoms with Gasteiger partial charge in [-0.1, -0.05) is 17.7 Å². The van der Waals surface area contributed by atoms with Crippen molar-refractivity contribution in [1.82, 2.24) is 10.2 Å². The Morgan fingerprint density at radius 1 is 0.833 bits per heavy atom. The number of imide groups is 2. The van der Waals surface area contributed by atoms with E-state index in [4.69, 9.17) is 50.2 Å². The van der Waals surface area contributed by atoms with Gasteiger partial charge in [-0.2, -0.15) is 0 Å². The summed E-state index contributed by atoms with van der Waals surface area (Å²) in [4.78, 5) is 76.3. The predicted octanol–water partition coefficient (Wildman–Crippen LogP) is 5.00. The van der Waals surface area contributed by atoms with Gasteiger partial charge in [0.05, 0.1) is 67.8 Å². The second-order valence-electron chi connectivity index (χ2n) is 15.0. The van der Waals surface area contributed by atoms with Crippen LogP contribution in [0.25, 0.3) is 33.4 Å². The lowest BCUT2D eigenvalue weighted by molar-refractivity contribution is -0.136. The van der Waals surface area contributed by atoms with E-state index >= 15 is 0 Å². The van der Waals surface area contributed by atoms with Crippen molar-refractivity contribution in [3.8, 4) is 39.7 Å². The highest BCUT2D eigenvalue weighted by atomic mass is 35.5. The van der Waals surface area contributed by atoms with Gasteiger partial charge >= 0.3 is 0 Å². The Labute approximate surface area is 382 Å². The van der Waals surface area contributed by atoms with Gasteiger partial charge in [0.1, 0.15) is 54.1 Å². The molecule has 66 heavy (non-hydrogen) atoms. The first kappa shape index (κ1) is 47.3. The van der Waals surface area contributed by atoms with Gasteiger partial charge < -0.3 is 49.0 Å². The predicted molar refractivity (Wildman–Crippen MR) is 240 cm³/mol. The first-order valence-electron chi connectivity index (χ1n) is 21.1. The van der Waals surface area contributed by atoms with E-state index in [2.05, 4.69) is 10.6 Å². The van der Waals surface area contributed by atoms with Crippen molar-refractivity contribution in [2.75, 3.05) is 64.8 Å². The van der Waals surface area contributed by atoms with Crippen molar-refractivity contribution in [3.63, 3.8) is 0 Å². The Bertz CT molecular complexity index is 2720. The minimum Gasteiger partial charge on any atom is -0.493 e. The maximum atomic E-state index is 13.5. The van der Waals surface area contributed by atoms with Crippen LogP contribution in [-0.2, 0) is 28.6 Å². The average Bonchev–Trinajstić information content (AvgIpc) is 3.53. The van der Waals surface area contributed by atoms with Gasteiger partial charge in [0.15, 0.2) is 5.43 Å². The molecule has 0 aliphatic carbocycles. The average molecular weight is 927 g/mol. The van der Waals surface area contributed by atoms with Crippen LogP contribution in [0.2, 0.25) is 5.02 Å². The number of halogens is 1. The van der Waals surface area contributed by atoms with Crippen molar-refractivity contribution < 1.29 is 61.9 Å². The minimum absolute atomic E-state index is 0.0281. The Hall–Kier alpha value is -6.67. The monoisotopic (exact) mass is 926 g/mol. The SMILES string of the molecule is CCOc1cc2oc(-c3ccc(OCCOCCOCCOCCOc4cccc5c4C(=O)N(C4CCC(=O)NC4=O)C5=O)cc3Cl)cc(=O)c2cc1-c1cc(NC(C)=O)cc(C(N)O)c1. The number of hydrogen-bond acceptors (Lipinski definition) is 15. The summed E-state index contributed by atoms with van der Waals surface area (Å²) in [6, 6.07) is 18.1. The van der Waals surface area contributed by atoms with E-state index in [-0.39, 0.29) is 95.8 Å². The smallest absolute Gasteiger partial charge is 0.266 e. The number of hydrogen-bond donors (Lipinski definition) is 4. The number of ether oxygens (including phenoxy) is 6. The van der Waals surface area contributed by atoms with Gasteiger partial charge in [-0.25, -0.2) is 0 Å². The first-order chi connectivity index (χ1) is 31.8. The molecule has 0 bridgehead atoms. The van der Waals surface area contributed by atoms with Crippen LogP contribution >= 0.6 is 11.6 Å². The van der Waals surface area contributed by atoms with Gasteiger partial charge in [-0.3, -0.25) is 39.0 Å². The number of benzene rings is 4. The highest BCUT2D eigenvalue weighted by molar-refractivity contribution is 6.33. The number of piperidine rings is 1. The Kier molecular flexibility index (Phi) is 15.4. The lowest BCUT2D eigenvalue weighted by atomic mass is 9.98. The summed E-state index contributed by atoms with van der Waals surface area (Å²) < 4.78 is 40.5. The number of fused-ring (bicyclic) bond motifs is 2. The Morgan fingerprint density at radius 3 is 2.21 bits per heavy atom. The van der Waals surface area contributed by atoms with E-state index in [1.165, 1.54) is 19.1 Å². The quantitative estimate of drug-likeness (QED) is 0.0430. The summed E-state index contributed by atoms with van der Waals surface area (Å²) >= 11 is 6.65. The van der Waals surface area contributed by atoms with Gasteiger partial charge in [-0.05, 0) is 79.1 Å². The number of amides is 5. The van der Waals surface area contributed by atoms with E-state index in [1.54, 1.807) is 60.7 Å². The molecule has 0 radical (unpaired) electrons. The van der Waals surface area contributed by atoms with Crippen molar-refractivity contribution in [3.05, 3.63) is 105 Å². The molecule has 5 amide bonds. The third kappa shape index (κ3) is 11.0. The van der Waals surface area contributed by atoms with E-state index < -0.39 is 35.9 Å². The van der Waals surface area contributed by atoms with Gasteiger partial charge in [-0.15, -0.1) is 0 Å². The maximum absolute atomic E-state index is 13.5. The van der Waals surface area contributed by atoms with Crippen LogP contribution in [0.3, 0.4) is 0 Å². The molecule has 1 saturated heterocycles. The lowest BCUT2D eigenvalue weighted by Crippen LogP contribution is -2.54. The number of nitrogens with two attached hydrogens (primary N) is 1. The molecule has 5 N–H and O–H groups in total. The standard InChI is InChI=1S/C47H47ClN4O14/c1-3-63-39-25-41-34(23-33(39)27-19-28(44(49)56)21-29(20-27)50-26(2)53)37(54)24-40(66-41)31-8-7-30(22-35(31)48)64-17-15-61-13-11-60-12-14-62-16-18-65-38-6-4-5-32-43(38)47(59)52(46(32)58)36-9-10-42(55)51-45(36)57/h4-8,19-25,36,44,56H,3,9-18,49H2,1-2H3,(H,50,53)(H,51,55,57). The van der Waals surface area contributed by atoms with Crippen LogP contribution in [0.4, 0.5) is 5.69 Å². The minimum atomic E-state index is -1.31. The van der Waals surface area contributed by atoms with Crippen molar-refractivity contribution in [1.29, 1.82) is 0 Å². The molecular weight excluding hydrogens is 880 g/mol. The topological polar surface area (TPSA) is 244 Å². The molecule has 7 rings (SSSR count). The molecule has 0 saturated carbocycles. The third-order valence-corrected chi connectivity index (χ3v) is 10.7. The number of rotatable bonds is 21. The van der Waals surface area contributed by atoms with E-state index in [0.717, 1.165) is 4.90 Å². The highest BCUT2D eigenvalue weighted by Crippen LogP contribution is 2.39. The zero-order valence-electron chi connectivity index (χ0n) is 36.0. The zero-order chi connectivity index (χ0) is 46.9. The molecule has 346 valence electrons. The molecule has 0 spiro atoms. The van der Waals surface area contributed by atoms with Crippen molar-refractivity contribution in [2.24, 2.45) is 5.73 Å². The molecule has 19 heteroatoms. The van der Waals surface area contributed by atoms with Gasteiger partial charge in [0, 0.05) is 42.3 Å². The largest absolute Gasteiger partial charge is 0.493 e. The van der Waals surface area contributed by atoms with Gasteiger partial charge in [0.2, 0.25) is 17.7 Å². The van der Waals surface area contributed by atoms with Crippen LogP contribution in [0.1, 0.15) is 59.2 Å². The molecule has 2 aliphatic heterocycles. The Morgan fingerprint density at radius 2 is 1.55 bits per heavy atom. The summed E-state index contributed by atoms with van der Waals surface area (Å²) in [5, 5.41) is 15.6. The molecule has 5 aromatic rings. The summed E-state index contributed by atoms with van der Waals surface area (Å²) in [6.45, 7) is 5.44. The molecule has 1 fully saturated rings. The summed E-state index contributed by atoms with van der Waals surface area (Å²) in [7, 11) is 0. The molecule has 4 aromatic carbocycles. The second-order valence-corrected chi connectivity index (χ2v) is 15.4. The van der Waals surface area contributed by atoms with Crippen molar-refractivity contribution >= 4 is 57.8 Å². The fraction of sp³-hybridized carbons (Fsp3) is 0.319. The number of carbonyl (C=O) groups excluding carboxylic acids is 5. The molecule has 1 aromatic heterocycles. The lowest BCUT2D eigenvalue weighted by Gasteiger charge is -2.27. The van der Waals surface area contributed by atoms with Gasteiger partial charge in [0.25, 0.3) is 11.8 Å². The van der Waals surface area contributed by atoms with E-state index in [9.17, 15) is 33.9 Å². The molecule has 18 nitrogen and oxygen atoms in total. The number of nitrogens with zero attached hydrogens (tertiary/aromatic N) is 1. The third-order valence-electron chi connectivity index (χ3n) is 10.4. The molecule has 2 aliphatic rings. The Balaban J connectivity index is 0.830. The first-order valence-corrected chi connectivity index (χ1v) is 21.4. The van der Waals surface area contributed by atoms with Crippen LogP contribution in [-0.4, -0.2) is 105 Å². The fourth-order valence-corrected chi connectivity index (χ4v) is 7.69. The second kappa shape index (κ2) is 21.5. The summed E-state index contributed by atoms with van der Waals surface area (Å²) in [5.41, 5.74) is 8.19. The summed E-state index contributed by atoms with van der Waals surface area (Å²) in [6.07, 6.45) is -1.23. The van der Waals surface area contributed by atoms with Crippen LogP contribution in [0, 0.1) is 0 Å². The molecule has 2 unspecified atom stereocenters. The van der Waals surface area contributed by atoms with Crippen LogP contribution in [0.15, 0.2) is 82.0 Å². The number of aliphatic hydroxyl groups is 1. The maximum Gasteiger partial charge on any atom is 0.266 e. The zero-order valence-corrected chi connectivity index (χ0v) is 36.8. The fourth-order valence-electron chi connectivity index (χ4n) is 7.43. The molecule has 2 atom stereocenters. The van der Waals surface area contributed by atoms with E-state index in [1.807, 2.05) is 6.92 Å².